The van der Waals surface area contributed by atoms with Crippen LogP contribution < -0.4 is 0 Å². The summed E-state index contributed by atoms with van der Waals surface area (Å²) in [6.45, 7) is 3.83. The second-order valence-electron chi connectivity index (χ2n) is 3.23. The van der Waals surface area contributed by atoms with Gasteiger partial charge in [0.25, 0.3) is 0 Å². The van der Waals surface area contributed by atoms with Crippen molar-refractivity contribution in [3.8, 4) is 0 Å². The standard InChI is InChI=1S/C9H16BrNO/c1-2-11(7-3-6-10)9(12)8-4-5-8/h8H,2-7H2,1H3. The van der Waals surface area contributed by atoms with E-state index in [2.05, 4.69) is 22.9 Å². The van der Waals surface area contributed by atoms with Crippen molar-refractivity contribution in [1.82, 2.24) is 4.90 Å². The Morgan fingerprint density at radius 1 is 1.58 bits per heavy atom. The second-order valence-corrected chi connectivity index (χ2v) is 4.03. The second kappa shape index (κ2) is 4.85. The molecule has 12 heavy (non-hydrogen) atoms. The maximum atomic E-state index is 11.6. The van der Waals surface area contributed by atoms with Crippen LogP contribution in [-0.4, -0.2) is 29.2 Å². The summed E-state index contributed by atoms with van der Waals surface area (Å²) >= 11 is 3.37. The number of alkyl halides is 1. The van der Waals surface area contributed by atoms with Crippen LogP contribution in [0.25, 0.3) is 0 Å². The molecule has 0 radical (unpaired) electrons. The summed E-state index contributed by atoms with van der Waals surface area (Å²) in [5.41, 5.74) is 0. The smallest absolute Gasteiger partial charge is 0.225 e. The molecule has 0 aromatic heterocycles. The summed E-state index contributed by atoms with van der Waals surface area (Å²) in [6.07, 6.45) is 3.29. The van der Waals surface area contributed by atoms with E-state index in [0.717, 1.165) is 37.7 Å². The molecule has 2 nitrogen and oxygen atoms in total. The lowest BCUT2D eigenvalue weighted by Gasteiger charge is -2.19. The Morgan fingerprint density at radius 2 is 2.25 bits per heavy atom. The van der Waals surface area contributed by atoms with Crippen molar-refractivity contribution in [2.45, 2.75) is 26.2 Å². The molecule has 1 aliphatic carbocycles. The fourth-order valence-corrected chi connectivity index (χ4v) is 1.51. The molecule has 0 N–H and O–H groups in total. The summed E-state index contributed by atoms with van der Waals surface area (Å²) in [7, 11) is 0. The van der Waals surface area contributed by atoms with Crippen molar-refractivity contribution in [2.24, 2.45) is 5.92 Å². The molecule has 1 saturated carbocycles. The number of hydrogen-bond donors (Lipinski definition) is 0. The van der Waals surface area contributed by atoms with E-state index in [9.17, 15) is 4.79 Å². The van der Waals surface area contributed by atoms with Crippen LogP contribution in [-0.2, 0) is 4.79 Å². The van der Waals surface area contributed by atoms with E-state index < -0.39 is 0 Å². The Morgan fingerprint density at radius 3 is 2.67 bits per heavy atom. The summed E-state index contributed by atoms with van der Waals surface area (Å²) in [5.74, 6) is 0.749. The topological polar surface area (TPSA) is 20.3 Å². The van der Waals surface area contributed by atoms with Gasteiger partial charge in [-0.25, -0.2) is 0 Å². The lowest BCUT2D eigenvalue weighted by atomic mass is 10.3. The lowest BCUT2D eigenvalue weighted by molar-refractivity contribution is -0.132. The number of nitrogens with zero attached hydrogens (tertiary/aromatic N) is 1. The van der Waals surface area contributed by atoms with Crippen LogP contribution in [0.4, 0.5) is 0 Å². The molecular weight excluding hydrogens is 218 g/mol. The van der Waals surface area contributed by atoms with Gasteiger partial charge in [0.05, 0.1) is 0 Å². The number of carbonyl (C=O) groups excluding carboxylic acids is 1. The van der Waals surface area contributed by atoms with E-state index in [1.165, 1.54) is 0 Å². The van der Waals surface area contributed by atoms with Gasteiger partial charge in [-0.3, -0.25) is 4.79 Å². The number of hydrogen-bond acceptors (Lipinski definition) is 1. The monoisotopic (exact) mass is 233 g/mol. The van der Waals surface area contributed by atoms with E-state index in [1.807, 2.05) is 4.90 Å². The van der Waals surface area contributed by atoms with Crippen LogP contribution in [0.1, 0.15) is 26.2 Å². The first-order chi connectivity index (χ1) is 5.79. The molecule has 1 rings (SSSR count). The number of amides is 1. The third-order valence-electron chi connectivity index (χ3n) is 2.18. The van der Waals surface area contributed by atoms with Crippen molar-refractivity contribution in [2.75, 3.05) is 18.4 Å². The molecule has 0 bridgehead atoms. The molecule has 0 heterocycles. The van der Waals surface area contributed by atoms with E-state index in [0.29, 0.717) is 11.8 Å². The van der Waals surface area contributed by atoms with Crippen LogP contribution >= 0.6 is 15.9 Å². The first-order valence-corrected chi connectivity index (χ1v) is 5.76. The van der Waals surface area contributed by atoms with Gasteiger partial charge in [-0.2, -0.15) is 0 Å². The zero-order chi connectivity index (χ0) is 8.97. The summed E-state index contributed by atoms with van der Waals surface area (Å²) in [4.78, 5) is 13.5. The van der Waals surface area contributed by atoms with Gasteiger partial charge in [0.15, 0.2) is 0 Å². The quantitative estimate of drug-likeness (QED) is 0.666. The van der Waals surface area contributed by atoms with Gasteiger partial charge in [0, 0.05) is 24.3 Å². The van der Waals surface area contributed by atoms with E-state index in [-0.39, 0.29) is 0 Å². The zero-order valence-electron chi connectivity index (χ0n) is 7.55. The molecule has 1 fully saturated rings. The summed E-state index contributed by atoms with van der Waals surface area (Å²) in [5, 5.41) is 0.988. The molecule has 1 amide bonds. The van der Waals surface area contributed by atoms with Gasteiger partial charge in [-0.05, 0) is 26.2 Å². The Kier molecular flexibility index (Phi) is 4.06. The molecule has 0 aromatic rings. The van der Waals surface area contributed by atoms with Gasteiger partial charge in [0.1, 0.15) is 0 Å². The zero-order valence-corrected chi connectivity index (χ0v) is 9.14. The highest BCUT2D eigenvalue weighted by molar-refractivity contribution is 9.09. The van der Waals surface area contributed by atoms with Crippen LogP contribution in [0.5, 0.6) is 0 Å². The molecule has 0 unspecified atom stereocenters. The molecule has 0 aromatic carbocycles. The molecule has 0 aliphatic heterocycles. The maximum Gasteiger partial charge on any atom is 0.225 e. The van der Waals surface area contributed by atoms with Crippen LogP contribution in [0, 0.1) is 5.92 Å². The Bertz CT molecular complexity index is 157. The molecule has 70 valence electrons. The van der Waals surface area contributed by atoms with Gasteiger partial charge in [0.2, 0.25) is 5.91 Å². The highest BCUT2D eigenvalue weighted by Gasteiger charge is 2.32. The Balaban J connectivity index is 2.27. The first-order valence-electron chi connectivity index (χ1n) is 4.64. The van der Waals surface area contributed by atoms with Gasteiger partial charge in [-0.15, -0.1) is 0 Å². The average Bonchev–Trinajstić information content (AvgIpc) is 2.88. The molecule has 3 heteroatoms. The number of carbonyl (C=O) groups is 1. The van der Waals surface area contributed by atoms with Crippen LogP contribution in [0.2, 0.25) is 0 Å². The van der Waals surface area contributed by atoms with E-state index in [1.54, 1.807) is 0 Å². The molecular formula is C9H16BrNO. The molecule has 0 atom stereocenters. The van der Waals surface area contributed by atoms with Crippen molar-refractivity contribution in [3.63, 3.8) is 0 Å². The van der Waals surface area contributed by atoms with Crippen molar-refractivity contribution < 1.29 is 4.79 Å². The normalized spacial score (nSPS) is 16.2. The predicted molar refractivity (Wildman–Crippen MR) is 53.4 cm³/mol. The van der Waals surface area contributed by atoms with Crippen LogP contribution in [0.15, 0.2) is 0 Å². The largest absolute Gasteiger partial charge is 0.343 e. The van der Waals surface area contributed by atoms with Gasteiger partial charge in [-0.1, -0.05) is 15.9 Å². The van der Waals surface area contributed by atoms with Gasteiger partial charge >= 0.3 is 0 Å². The Labute approximate surface area is 82.4 Å². The SMILES string of the molecule is CCN(CCCBr)C(=O)C1CC1. The number of rotatable bonds is 5. The third kappa shape index (κ3) is 2.77. The molecule has 0 saturated heterocycles. The third-order valence-corrected chi connectivity index (χ3v) is 2.74. The Hall–Kier alpha value is -0.0500. The molecule has 1 aliphatic rings. The molecule has 0 spiro atoms. The fourth-order valence-electron chi connectivity index (χ4n) is 1.26. The maximum absolute atomic E-state index is 11.6. The van der Waals surface area contributed by atoms with Crippen LogP contribution in [0.3, 0.4) is 0 Å². The first kappa shape index (κ1) is 10.0. The van der Waals surface area contributed by atoms with E-state index >= 15 is 0 Å². The minimum atomic E-state index is 0.374. The highest BCUT2D eigenvalue weighted by Crippen LogP contribution is 2.30. The lowest BCUT2D eigenvalue weighted by Crippen LogP contribution is -2.33. The summed E-state index contributed by atoms with van der Waals surface area (Å²) < 4.78 is 0. The van der Waals surface area contributed by atoms with Crippen molar-refractivity contribution in [1.29, 1.82) is 0 Å². The van der Waals surface area contributed by atoms with E-state index in [4.69, 9.17) is 0 Å². The minimum Gasteiger partial charge on any atom is -0.343 e. The minimum absolute atomic E-state index is 0.374. The van der Waals surface area contributed by atoms with Gasteiger partial charge < -0.3 is 4.90 Å². The highest BCUT2D eigenvalue weighted by atomic mass is 79.9. The number of halogens is 1. The predicted octanol–water partition coefficient (Wildman–Crippen LogP) is 2.03. The van der Waals surface area contributed by atoms with Crippen molar-refractivity contribution in [3.05, 3.63) is 0 Å². The fraction of sp³-hybridized carbons (Fsp3) is 0.889. The van der Waals surface area contributed by atoms with Crippen molar-refractivity contribution >= 4 is 21.8 Å². The average molecular weight is 234 g/mol. The summed E-state index contributed by atoms with van der Waals surface area (Å²) in [6, 6.07) is 0.